The summed E-state index contributed by atoms with van der Waals surface area (Å²) >= 11 is 0. The number of amides is 2. The van der Waals surface area contributed by atoms with Crippen molar-refractivity contribution in [2.24, 2.45) is 0 Å². The summed E-state index contributed by atoms with van der Waals surface area (Å²) in [5.41, 5.74) is -1.29. The Morgan fingerprint density at radius 1 is 0.897 bits per heavy atom. The van der Waals surface area contributed by atoms with Crippen molar-refractivity contribution in [1.29, 1.82) is 0 Å². The highest BCUT2D eigenvalue weighted by atomic mass is 16.6. The van der Waals surface area contributed by atoms with Crippen LogP contribution in [-0.4, -0.2) is 41.9 Å². The number of rotatable bonds is 7. The molecule has 0 radical (unpaired) electrons. The van der Waals surface area contributed by atoms with Crippen LogP contribution in [0.5, 0.6) is 5.75 Å². The van der Waals surface area contributed by atoms with E-state index in [2.05, 4.69) is 10.6 Å². The maximum absolute atomic E-state index is 12.5. The molecule has 0 aliphatic rings. The van der Waals surface area contributed by atoms with Gasteiger partial charge in [-0.1, -0.05) is 18.2 Å². The lowest BCUT2D eigenvalue weighted by molar-refractivity contribution is -0.137. The molecule has 8 heteroatoms. The molecule has 29 heavy (non-hydrogen) atoms. The first-order valence-electron chi connectivity index (χ1n) is 9.59. The highest BCUT2D eigenvalue weighted by Crippen LogP contribution is 2.12. The van der Waals surface area contributed by atoms with Crippen LogP contribution < -0.4 is 15.4 Å². The Labute approximate surface area is 172 Å². The second-order valence-electron chi connectivity index (χ2n) is 8.50. The molecule has 8 nitrogen and oxygen atoms in total. The molecule has 2 amide bonds. The summed E-state index contributed by atoms with van der Waals surface area (Å²) in [6.07, 6.45) is -0.585. The molecule has 1 aromatic rings. The number of para-hydroxylation sites is 1. The summed E-state index contributed by atoms with van der Waals surface area (Å²) in [7, 11) is 0. The van der Waals surface area contributed by atoms with Crippen molar-refractivity contribution in [3.63, 3.8) is 0 Å². The first-order valence-corrected chi connectivity index (χ1v) is 9.59. The number of carbonyl (C=O) groups is 3. The average Bonchev–Trinajstić information content (AvgIpc) is 2.55. The molecule has 0 unspecified atom stereocenters. The number of benzene rings is 1. The van der Waals surface area contributed by atoms with Gasteiger partial charge in [-0.2, -0.15) is 0 Å². The number of nitrogens with one attached hydrogen (secondary N) is 2. The second-order valence-corrected chi connectivity index (χ2v) is 8.50. The van der Waals surface area contributed by atoms with E-state index in [4.69, 9.17) is 14.2 Å². The fourth-order valence-electron chi connectivity index (χ4n) is 2.19. The number of hydrogen-bond acceptors (Lipinski definition) is 6. The van der Waals surface area contributed by atoms with Crippen LogP contribution in [0.4, 0.5) is 9.59 Å². The number of carbonyl (C=O) groups excluding carboxylic acids is 3. The third-order valence-corrected chi connectivity index (χ3v) is 3.27. The van der Waals surface area contributed by atoms with E-state index in [-0.39, 0.29) is 13.0 Å². The average molecular weight is 408 g/mol. The van der Waals surface area contributed by atoms with Gasteiger partial charge in [0.25, 0.3) is 0 Å². The number of esters is 1. The predicted molar refractivity (Wildman–Crippen MR) is 109 cm³/mol. The van der Waals surface area contributed by atoms with Crippen LogP contribution in [0.1, 0.15) is 54.4 Å². The molecular weight excluding hydrogens is 376 g/mol. The molecule has 1 atom stereocenters. The zero-order chi connectivity index (χ0) is 22.1. The van der Waals surface area contributed by atoms with E-state index >= 15 is 0 Å². The molecule has 1 rings (SSSR count). The molecule has 0 saturated carbocycles. The van der Waals surface area contributed by atoms with Crippen molar-refractivity contribution in [3.05, 3.63) is 30.3 Å². The van der Waals surface area contributed by atoms with E-state index in [0.717, 1.165) is 0 Å². The van der Waals surface area contributed by atoms with Gasteiger partial charge in [0.15, 0.2) is 0 Å². The van der Waals surface area contributed by atoms with E-state index in [9.17, 15) is 14.4 Å². The monoisotopic (exact) mass is 408 g/mol. The van der Waals surface area contributed by atoms with Gasteiger partial charge in [-0.15, -0.1) is 0 Å². The number of hydrogen-bond donors (Lipinski definition) is 2. The Morgan fingerprint density at radius 2 is 1.45 bits per heavy atom. The van der Waals surface area contributed by atoms with Gasteiger partial charge in [-0.05, 0) is 66.5 Å². The maximum atomic E-state index is 12.5. The Kier molecular flexibility index (Phi) is 8.94. The van der Waals surface area contributed by atoms with E-state index in [1.54, 1.807) is 71.9 Å². The first-order chi connectivity index (χ1) is 13.4. The molecule has 0 aliphatic heterocycles. The van der Waals surface area contributed by atoms with Gasteiger partial charge in [0.05, 0.1) is 0 Å². The summed E-state index contributed by atoms with van der Waals surface area (Å²) in [5.74, 6) is -0.236. The van der Waals surface area contributed by atoms with Crippen LogP contribution >= 0.6 is 0 Å². The van der Waals surface area contributed by atoms with Crippen LogP contribution in [-0.2, 0) is 14.3 Å². The third-order valence-electron chi connectivity index (χ3n) is 3.27. The molecule has 0 fully saturated rings. The van der Waals surface area contributed by atoms with Gasteiger partial charge in [0.2, 0.25) is 0 Å². The molecule has 162 valence electrons. The Hall–Kier alpha value is -2.77. The van der Waals surface area contributed by atoms with Crippen molar-refractivity contribution in [3.8, 4) is 5.75 Å². The van der Waals surface area contributed by atoms with Gasteiger partial charge < -0.3 is 24.8 Å². The van der Waals surface area contributed by atoms with Crippen LogP contribution in [0.2, 0.25) is 0 Å². The SMILES string of the molecule is CC(C)(C)OC(=O)NCCC[C@H](NC(=O)OC(C)(C)C)C(=O)Oc1ccccc1. The van der Waals surface area contributed by atoms with Crippen molar-refractivity contribution in [2.75, 3.05) is 6.54 Å². The van der Waals surface area contributed by atoms with Gasteiger partial charge in [0, 0.05) is 6.54 Å². The molecular formula is C21H32N2O6. The topological polar surface area (TPSA) is 103 Å². The Balaban J connectivity index is 2.63. The van der Waals surface area contributed by atoms with Gasteiger partial charge >= 0.3 is 18.2 Å². The van der Waals surface area contributed by atoms with Gasteiger partial charge in [-0.3, -0.25) is 0 Å². The lowest BCUT2D eigenvalue weighted by Crippen LogP contribution is -2.45. The Bertz CT molecular complexity index is 677. The summed E-state index contributed by atoms with van der Waals surface area (Å²) in [6, 6.07) is 7.65. The van der Waals surface area contributed by atoms with Crippen molar-refractivity contribution < 1.29 is 28.6 Å². The van der Waals surface area contributed by atoms with E-state index in [1.165, 1.54) is 0 Å². The van der Waals surface area contributed by atoms with Crippen molar-refractivity contribution >= 4 is 18.2 Å². The minimum absolute atomic E-state index is 0.251. The number of alkyl carbamates (subject to hydrolysis) is 2. The summed E-state index contributed by atoms with van der Waals surface area (Å²) in [6.45, 7) is 10.8. The first kappa shape index (κ1) is 24.3. The van der Waals surface area contributed by atoms with Crippen molar-refractivity contribution in [1.82, 2.24) is 10.6 Å². The van der Waals surface area contributed by atoms with Gasteiger partial charge in [-0.25, -0.2) is 14.4 Å². The molecule has 0 aromatic heterocycles. The normalized spacial score (nSPS) is 12.5. The third kappa shape index (κ3) is 11.6. The summed E-state index contributed by atoms with van der Waals surface area (Å²) < 4.78 is 15.7. The Morgan fingerprint density at radius 3 is 2.00 bits per heavy atom. The fraction of sp³-hybridized carbons (Fsp3) is 0.571. The zero-order valence-corrected chi connectivity index (χ0v) is 18.0. The molecule has 2 N–H and O–H groups in total. The van der Waals surface area contributed by atoms with E-state index in [1.807, 2.05) is 0 Å². The standard InChI is InChI=1S/C21H32N2O6/c1-20(2,3)28-18(25)22-14-10-13-16(23-19(26)29-21(4,5)6)17(24)27-15-11-8-7-9-12-15/h7-9,11-12,16H,10,13-14H2,1-6H3,(H,22,25)(H,23,26)/t16-/m0/s1. The van der Waals surface area contributed by atoms with Gasteiger partial charge in [0.1, 0.15) is 23.0 Å². The summed E-state index contributed by atoms with van der Waals surface area (Å²) in [4.78, 5) is 36.3. The van der Waals surface area contributed by atoms with E-state index in [0.29, 0.717) is 12.2 Å². The molecule has 0 aliphatic carbocycles. The predicted octanol–water partition coefficient (Wildman–Crippen LogP) is 3.79. The molecule has 0 bridgehead atoms. The maximum Gasteiger partial charge on any atom is 0.408 e. The van der Waals surface area contributed by atoms with Crippen LogP contribution in [0, 0.1) is 0 Å². The minimum Gasteiger partial charge on any atom is -0.444 e. The second kappa shape index (κ2) is 10.7. The van der Waals surface area contributed by atoms with E-state index < -0.39 is 35.4 Å². The fourth-order valence-corrected chi connectivity index (χ4v) is 2.19. The lowest BCUT2D eigenvalue weighted by atomic mass is 10.1. The highest BCUT2D eigenvalue weighted by Gasteiger charge is 2.26. The molecule has 1 aromatic carbocycles. The number of ether oxygens (including phenoxy) is 3. The van der Waals surface area contributed by atoms with Crippen LogP contribution in [0.15, 0.2) is 30.3 Å². The zero-order valence-electron chi connectivity index (χ0n) is 18.0. The minimum atomic E-state index is -0.925. The smallest absolute Gasteiger partial charge is 0.408 e. The molecule has 0 heterocycles. The van der Waals surface area contributed by atoms with Crippen LogP contribution in [0.25, 0.3) is 0 Å². The summed E-state index contributed by atoms with van der Waals surface area (Å²) in [5, 5.41) is 5.16. The molecule has 0 spiro atoms. The quantitative estimate of drug-likeness (QED) is 0.404. The van der Waals surface area contributed by atoms with Crippen molar-refractivity contribution in [2.45, 2.75) is 71.6 Å². The lowest BCUT2D eigenvalue weighted by Gasteiger charge is -2.23. The molecule has 0 saturated heterocycles. The highest BCUT2D eigenvalue weighted by molar-refractivity contribution is 5.83. The van der Waals surface area contributed by atoms with Crippen LogP contribution in [0.3, 0.4) is 0 Å². The largest absolute Gasteiger partial charge is 0.444 e.